The molecule has 0 aliphatic rings. The van der Waals surface area contributed by atoms with Crippen molar-refractivity contribution in [1.82, 2.24) is 0 Å². The highest BCUT2D eigenvalue weighted by Crippen LogP contribution is 2.20. The lowest BCUT2D eigenvalue weighted by Crippen LogP contribution is -1.96. The molecule has 17 heavy (non-hydrogen) atoms. The summed E-state index contributed by atoms with van der Waals surface area (Å²) in [6.45, 7) is 2.36. The molecule has 88 valence electrons. The van der Waals surface area contributed by atoms with Gasteiger partial charge in [0, 0.05) is 10.6 Å². The van der Waals surface area contributed by atoms with Crippen LogP contribution in [0.25, 0.3) is 0 Å². The fourth-order valence-electron chi connectivity index (χ4n) is 1.46. The summed E-state index contributed by atoms with van der Waals surface area (Å²) in [5, 5.41) is 0.687. The summed E-state index contributed by atoms with van der Waals surface area (Å²) in [5.74, 6) is 0.355. The first-order valence-corrected chi connectivity index (χ1v) is 5.66. The van der Waals surface area contributed by atoms with E-state index in [1.807, 2.05) is 25.1 Å². The molecule has 0 bridgehead atoms. The van der Waals surface area contributed by atoms with Crippen molar-refractivity contribution in [2.45, 2.75) is 13.5 Å². The normalized spacial score (nSPS) is 10.3. The van der Waals surface area contributed by atoms with Gasteiger partial charge in [-0.3, -0.25) is 0 Å². The molecule has 3 heteroatoms. The Labute approximate surface area is 105 Å². The lowest BCUT2D eigenvalue weighted by Gasteiger charge is -2.08. The molecule has 0 N–H and O–H groups in total. The van der Waals surface area contributed by atoms with E-state index in [-0.39, 0.29) is 5.82 Å². The minimum absolute atomic E-state index is 0.272. The van der Waals surface area contributed by atoms with Gasteiger partial charge in [0.05, 0.1) is 0 Å². The lowest BCUT2D eigenvalue weighted by molar-refractivity contribution is 0.306. The number of hydrogen-bond donors (Lipinski definition) is 0. The molecule has 0 aromatic heterocycles. The second kappa shape index (κ2) is 5.19. The summed E-state index contributed by atoms with van der Waals surface area (Å²) in [4.78, 5) is 0. The number of ether oxygens (including phenoxy) is 1. The molecule has 2 aromatic carbocycles. The van der Waals surface area contributed by atoms with Crippen LogP contribution in [0.4, 0.5) is 4.39 Å². The molecule has 0 spiro atoms. The quantitative estimate of drug-likeness (QED) is 0.786. The maximum absolute atomic E-state index is 12.7. The molecule has 2 aromatic rings. The maximum Gasteiger partial charge on any atom is 0.123 e. The number of halogens is 2. The van der Waals surface area contributed by atoms with Crippen molar-refractivity contribution in [3.8, 4) is 5.75 Å². The fraction of sp³-hybridized carbons (Fsp3) is 0.143. The molecule has 0 unspecified atom stereocenters. The Hall–Kier alpha value is -1.54. The lowest BCUT2D eigenvalue weighted by atomic mass is 10.2. The maximum atomic E-state index is 12.7. The molecular weight excluding hydrogens is 239 g/mol. The first kappa shape index (κ1) is 11.9. The standard InChI is InChI=1S/C14H12ClFO/c1-10-2-3-11(14(15)8-10)9-17-13-6-4-12(16)5-7-13/h2-8H,9H2,1H3. The first-order chi connectivity index (χ1) is 8.15. The third-order valence-electron chi connectivity index (χ3n) is 2.42. The molecule has 0 atom stereocenters. The Kier molecular flexibility index (Phi) is 3.64. The van der Waals surface area contributed by atoms with Crippen LogP contribution < -0.4 is 4.74 Å². The van der Waals surface area contributed by atoms with Crippen molar-refractivity contribution in [3.63, 3.8) is 0 Å². The Morgan fingerprint density at radius 3 is 2.47 bits per heavy atom. The molecule has 0 amide bonds. The summed E-state index contributed by atoms with van der Waals surface area (Å²) in [5.41, 5.74) is 2.03. The van der Waals surface area contributed by atoms with E-state index in [0.29, 0.717) is 17.4 Å². The van der Waals surface area contributed by atoms with Gasteiger partial charge in [-0.25, -0.2) is 4.39 Å². The van der Waals surface area contributed by atoms with E-state index in [1.165, 1.54) is 12.1 Å². The van der Waals surface area contributed by atoms with Gasteiger partial charge in [-0.2, -0.15) is 0 Å². The molecule has 0 aliphatic carbocycles. The van der Waals surface area contributed by atoms with Crippen LogP contribution in [0.3, 0.4) is 0 Å². The van der Waals surface area contributed by atoms with Gasteiger partial charge in [0.25, 0.3) is 0 Å². The van der Waals surface area contributed by atoms with Gasteiger partial charge < -0.3 is 4.74 Å². The predicted molar refractivity (Wildman–Crippen MR) is 66.9 cm³/mol. The van der Waals surface area contributed by atoms with Gasteiger partial charge in [0.2, 0.25) is 0 Å². The summed E-state index contributed by atoms with van der Waals surface area (Å²) in [6.07, 6.45) is 0. The van der Waals surface area contributed by atoms with E-state index < -0.39 is 0 Å². The molecule has 2 rings (SSSR count). The number of benzene rings is 2. The highest BCUT2D eigenvalue weighted by Gasteiger charge is 2.01. The Bertz CT molecular complexity index is 508. The Balaban J connectivity index is 2.04. The van der Waals surface area contributed by atoms with Crippen LogP contribution in [0.15, 0.2) is 42.5 Å². The Morgan fingerprint density at radius 1 is 1.12 bits per heavy atom. The van der Waals surface area contributed by atoms with Crippen molar-refractivity contribution < 1.29 is 9.13 Å². The Morgan fingerprint density at radius 2 is 1.82 bits per heavy atom. The molecule has 0 fully saturated rings. The van der Waals surface area contributed by atoms with Gasteiger partial charge in [-0.1, -0.05) is 23.7 Å². The number of hydrogen-bond acceptors (Lipinski definition) is 1. The first-order valence-electron chi connectivity index (χ1n) is 5.28. The van der Waals surface area contributed by atoms with E-state index in [2.05, 4.69) is 0 Å². The van der Waals surface area contributed by atoms with Crippen LogP contribution in [-0.2, 0) is 6.61 Å². The summed E-state index contributed by atoms with van der Waals surface area (Å²) >= 11 is 6.08. The van der Waals surface area contributed by atoms with E-state index in [0.717, 1.165) is 11.1 Å². The molecule has 0 aliphatic heterocycles. The van der Waals surface area contributed by atoms with E-state index in [9.17, 15) is 4.39 Å². The second-order valence-electron chi connectivity index (χ2n) is 3.84. The number of aryl methyl sites for hydroxylation is 1. The molecule has 0 radical (unpaired) electrons. The summed E-state index contributed by atoms with van der Waals surface area (Å²) < 4.78 is 18.2. The highest BCUT2D eigenvalue weighted by molar-refractivity contribution is 6.31. The fourth-order valence-corrected chi connectivity index (χ4v) is 1.75. The van der Waals surface area contributed by atoms with Crippen LogP contribution in [0.2, 0.25) is 5.02 Å². The van der Waals surface area contributed by atoms with Crippen LogP contribution in [0, 0.1) is 12.7 Å². The van der Waals surface area contributed by atoms with E-state index in [1.54, 1.807) is 12.1 Å². The summed E-state index contributed by atoms with van der Waals surface area (Å²) in [7, 11) is 0. The van der Waals surface area contributed by atoms with Gasteiger partial charge in [0.1, 0.15) is 18.2 Å². The highest BCUT2D eigenvalue weighted by atomic mass is 35.5. The molecular formula is C14H12ClFO. The molecule has 0 saturated carbocycles. The van der Waals surface area contributed by atoms with Crippen molar-refractivity contribution in [1.29, 1.82) is 0 Å². The van der Waals surface area contributed by atoms with Crippen molar-refractivity contribution >= 4 is 11.6 Å². The van der Waals surface area contributed by atoms with E-state index >= 15 is 0 Å². The van der Waals surface area contributed by atoms with Crippen molar-refractivity contribution in [3.05, 3.63) is 64.4 Å². The van der Waals surface area contributed by atoms with Crippen molar-refractivity contribution in [2.24, 2.45) is 0 Å². The minimum atomic E-state index is -0.272. The van der Waals surface area contributed by atoms with Crippen LogP contribution in [0.5, 0.6) is 5.75 Å². The van der Waals surface area contributed by atoms with Crippen LogP contribution >= 0.6 is 11.6 Å². The van der Waals surface area contributed by atoms with Gasteiger partial charge in [0.15, 0.2) is 0 Å². The third kappa shape index (κ3) is 3.21. The third-order valence-corrected chi connectivity index (χ3v) is 2.77. The monoisotopic (exact) mass is 250 g/mol. The average molecular weight is 251 g/mol. The number of rotatable bonds is 3. The average Bonchev–Trinajstić information content (AvgIpc) is 2.30. The van der Waals surface area contributed by atoms with Crippen LogP contribution in [0.1, 0.15) is 11.1 Å². The van der Waals surface area contributed by atoms with Gasteiger partial charge in [-0.15, -0.1) is 0 Å². The smallest absolute Gasteiger partial charge is 0.123 e. The zero-order chi connectivity index (χ0) is 12.3. The zero-order valence-corrected chi connectivity index (χ0v) is 10.2. The minimum Gasteiger partial charge on any atom is -0.489 e. The van der Waals surface area contributed by atoms with E-state index in [4.69, 9.17) is 16.3 Å². The molecule has 0 saturated heterocycles. The summed E-state index contributed by atoms with van der Waals surface area (Å²) in [6, 6.07) is 11.7. The largest absolute Gasteiger partial charge is 0.489 e. The topological polar surface area (TPSA) is 9.23 Å². The van der Waals surface area contributed by atoms with Gasteiger partial charge in [-0.05, 0) is 42.8 Å². The van der Waals surface area contributed by atoms with Crippen LogP contribution in [-0.4, -0.2) is 0 Å². The molecule has 0 heterocycles. The second-order valence-corrected chi connectivity index (χ2v) is 4.24. The van der Waals surface area contributed by atoms with Gasteiger partial charge >= 0.3 is 0 Å². The SMILES string of the molecule is Cc1ccc(COc2ccc(F)cc2)c(Cl)c1. The zero-order valence-electron chi connectivity index (χ0n) is 9.41. The predicted octanol–water partition coefficient (Wildman–Crippen LogP) is 4.37. The van der Waals surface area contributed by atoms with Crippen molar-refractivity contribution in [2.75, 3.05) is 0 Å². The molecule has 1 nitrogen and oxygen atoms in total.